The van der Waals surface area contributed by atoms with E-state index >= 15 is 0 Å². The van der Waals surface area contributed by atoms with E-state index in [9.17, 15) is 9.50 Å². The first-order valence-electron chi connectivity index (χ1n) is 6.23. The van der Waals surface area contributed by atoms with Crippen molar-refractivity contribution in [1.82, 2.24) is 10.1 Å². The average Bonchev–Trinajstić information content (AvgIpc) is 2.79. The van der Waals surface area contributed by atoms with Crippen molar-refractivity contribution in [3.8, 4) is 11.4 Å². The molecule has 2 aromatic rings. The molecule has 4 nitrogen and oxygen atoms in total. The molecule has 1 unspecified atom stereocenters. The van der Waals surface area contributed by atoms with Crippen LogP contribution in [-0.4, -0.2) is 21.4 Å². The van der Waals surface area contributed by atoms with Crippen molar-refractivity contribution in [3.63, 3.8) is 0 Å². The molecule has 0 aliphatic rings. The molecule has 1 heterocycles. The summed E-state index contributed by atoms with van der Waals surface area (Å²) in [7, 11) is 0. The fraction of sp³-hybridized carbons (Fsp3) is 0.429. The Hall–Kier alpha value is -1.27. The smallest absolute Gasteiger partial charge is 0.229 e. The highest BCUT2D eigenvalue weighted by atomic mass is 79.9. The second-order valence-electron chi connectivity index (χ2n) is 5.72. The predicted molar refractivity (Wildman–Crippen MR) is 76.6 cm³/mol. The van der Waals surface area contributed by atoms with Gasteiger partial charge in [-0.3, -0.25) is 0 Å². The molecule has 1 aromatic carbocycles. The Labute approximate surface area is 125 Å². The van der Waals surface area contributed by atoms with Crippen LogP contribution in [0.3, 0.4) is 0 Å². The van der Waals surface area contributed by atoms with Gasteiger partial charge in [0.25, 0.3) is 0 Å². The second-order valence-corrected chi connectivity index (χ2v) is 6.58. The van der Waals surface area contributed by atoms with Gasteiger partial charge in [-0.1, -0.05) is 41.9 Å². The van der Waals surface area contributed by atoms with Crippen LogP contribution in [0.4, 0.5) is 4.39 Å². The molecule has 0 radical (unpaired) electrons. The second kappa shape index (κ2) is 5.61. The van der Waals surface area contributed by atoms with Crippen LogP contribution in [-0.2, 0) is 6.42 Å². The molecule has 0 aliphatic heterocycles. The summed E-state index contributed by atoms with van der Waals surface area (Å²) >= 11 is 3.32. The lowest BCUT2D eigenvalue weighted by atomic mass is 9.87. The molecule has 6 heteroatoms. The van der Waals surface area contributed by atoms with Gasteiger partial charge in [0.15, 0.2) is 0 Å². The summed E-state index contributed by atoms with van der Waals surface area (Å²) in [6.45, 7) is 5.79. The predicted octanol–water partition coefficient (Wildman–Crippen LogP) is 3.59. The highest BCUT2D eigenvalue weighted by molar-refractivity contribution is 9.10. The third-order valence-corrected chi connectivity index (χ3v) is 3.70. The fourth-order valence-corrected chi connectivity index (χ4v) is 2.01. The lowest BCUT2D eigenvalue weighted by molar-refractivity contribution is 0.0565. The average molecular weight is 343 g/mol. The van der Waals surface area contributed by atoms with E-state index in [1.807, 2.05) is 20.8 Å². The number of aromatic nitrogens is 2. The van der Waals surface area contributed by atoms with Gasteiger partial charge < -0.3 is 9.63 Å². The maximum absolute atomic E-state index is 13.3. The number of rotatable bonds is 3. The minimum atomic E-state index is -0.591. The van der Waals surface area contributed by atoms with Crippen molar-refractivity contribution in [3.05, 3.63) is 34.4 Å². The molecule has 1 aromatic heterocycles. The third kappa shape index (κ3) is 3.43. The van der Waals surface area contributed by atoms with Gasteiger partial charge in [0.2, 0.25) is 11.7 Å². The maximum atomic E-state index is 13.3. The van der Waals surface area contributed by atoms with Crippen LogP contribution in [0.25, 0.3) is 11.4 Å². The van der Waals surface area contributed by atoms with Crippen molar-refractivity contribution >= 4 is 15.9 Å². The Morgan fingerprint density at radius 2 is 2.10 bits per heavy atom. The van der Waals surface area contributed by atoms with Crippen LogP contribution in [0, 0.1) is 11.2 Å². The van der Waals surface area contributed by atoms with Crippen LogP contribution >= 0.6 is 15.9 Å². The van der Waals surface area contributed by atoms with E-state index < -0.39 is 6.10 Å². The molecule has 1 N–H and O–H groups in total. The van der Waals surface area contributed by atoms with Crippen LogP contribution < -0.4 is 0 Å². The summed E-state index contributed by atoms with van der Waals surface area (Å²) in [5.74, 6) is 0.260. The Balaban J connectivity index is 2.23. The van der Waals surface area contributed by atoms with Crippen LogP contribution in [0.2, 0.25) is 0 Å². The summed E-state index contributed by atoms with van der Waals surface area (Å²) in [6, 6.07) is 4.27. The molecule has 2 rings (SSSR count). The van der Waals surface area contributed by atoms with E-state index in [0.717, 1.165) is 0 Å². The SMILES string of the molecule is CC(C)(C)C(O)Cc1nc(-c2cc(F)ccc2Br)no1. The Morgan fingerprint density at radius 1 is 1.40 bits per heavy atom. The summed E-state index contributed by atoms with van der Waals surface area (Å²) in [6.07, 6.45) is -0.324. The highest BCUT2D eigenvalue weighted by Crippen LogP contribution is 2.28. The normalized spacial score (nSPS) is 13.5. The fourth-order valence-electron chi connectivity index (χ4n) is 1.59. The van der Waals surface area contributed by atoms with E-state index in [-0.39, 0.29) is 17.7 Å². The molecule has 20 heavy (non-hydrogen) atoms. The molecule has 108 valence electrons. The zero-order valence-corrected chi connectivity index (χ0v) is 13.1. The monoisotopic (exact) mass is 342 g/mol. The Kier molecular flexibility index (Phi) is 4.25. The van der Waals surface area contributed by atoms with E-state index in [1.54, 1.807) is 6.07 Å². The molecular formula is C14H16BrFN2O2. The molecule has 0 fully saturated rings. The van der Waals surface area contributed by atoms with Crippen LogP contribution in [0.5, 0.6) is 0 Å². The van der Waals surface area contributed by atoms with Gasteiger partial charge in [0, 0.05) is 10.0 Å². The van der Waals surface area contributed by atoms with Crippen molar-refractivity contribution in [2.75, 3.05) is 0 Å². The largest absolute Gasteiger partial charge is 0.392 e. The number of aliphatic hydroxyl groups is 1. The molecule has 0 saturated carbocycles. The first-order valence-corrected chi connectivity index (χ1v) is 7.03. The van der Waals surface area contributed by atoms with Crippen molar-refractivity contribution < 1.29 is 14.0 Å². The summed E-state index contributed by atoms with van der Waals surface area (Å²) < 4.78 is 19.1. The molecular weight excluding hydrogens is 327 g/mol. The van der Waals surface area contributed by atoms with Crippen LogP contribution in [0.15, 0.2) is 27.2 Å². The number of halogens is 2. The number of benzene rings is 1. The van der Waals surface area contributed by atoms with E-state index in [4.69, 9.17) is 4.52 Å². The van der Waals surface area contributed by atoms with Gasteiger partial charge in [-0.05, 0) is 23.6 Å². The van der Waals surface area contributed by atoms with Gasteiger partial charge in [-0.2, -0.15) is 4.98 Å². The zero-order valence-electron chi connectivity index (χ0n) is 11.5. The number of aliphatic hydroxyl groups excluding tert-OH is 1. The minimum absolute atomic E-state index is 0.267. The Bertz CT molecular complexity index is 607. The molecule has 0 saturated heterocycles. The van der Waals surface area contributed by atoms with Crippen molar-refractivity contribution in [2.24, 2.45) is 5.41 Å². The van der Waals surface area contributed by atoms with E-state index in [2.05, 4.69) is 26.1 Å². The number of nitrogens with zero attached hydrogens (tertiary/aromatic N) is 2. The maximum Gasteiger partial charge on any atom is 0.229 e. The molecule has 0 bridgehead atoms. The van der Waals surface area contributed by atoms with Crippen molar-refractivity contribution in [1.29, 1.82) is 0 Å². The summed E-state index contributed by atoms with van der Waals surface area (Å²) in [5, 5.41) is 13.9. The topological polar surface area (TPSA) is 59.2 Å². The molecule has 0 amide bonds. The van der Waals surface area contributed by atoms with Gasteiger partial charge in [-0.25, -0.2) is 4.39 Å². The third-order valence-electron chi connectivity index (χ3n) is 3.01. The van der Waals surface area contributed by atoms with Crippen molar-refractivity contribution in [2.45, 2.75) is 33.3 Å². The lowest BCUT2D eigenvalue weighted by Gasteiger charge is -2.24. The summed E-state index contributed by atoms with van der Waals surface area (Å²) in [4.78, 5) is 4.20. The number of hydrogen-bond donors (Lipinski definition) is 1. The van der Waals surface area contributed by atoms with Gasteiger partial charge in [0.1, 0.15) is 5.82 Å². The first kappa shape index (κ1) is 15.1. The standard InChI is InChI=1S/C14H16BrFN2O2/c1-14(2,3)11(19)7-12-17-13(18-20-12)9-6-8(16)4-5-10(9)15/h4-6,11,19H,7H2,1-3H3. The molecule has 0 aliphatic carbocycles. The first-order chi connectivity index (χ1) is 9.27. The lowest BCUT2D eigenvalue weighted by Crippen LogP contribution is -2.28. The highest BCUT2D eigenvalue weighted by Gasteiger charge is 2.25. The van der Waals surface area contributed by atoms with Gasteiger partial charge >= 0.3 is 0 Å². The minimum Gasteiger partial charge on any atom is -0.392 e. The van der Waals surface area contributed by atoms with Gasteiger partial charge in [-0.15, -0.1) is 0 Å². The number of hydrogen-bond acceptors (Lipinski definition) is 4. The van der Waals surface area contributed by atoms with Gasteiger partial charge in [0.05, 0.1) is 12.5 Å². The van der Waals surface area contributed by atoms with E-state index in [1.165, 1.54) is 12.1 Å². The molecule has 1 atom stereocenters. The zero-order chi connectivity index (χ0) is 14.9. The van der Waals surface area contributed by atoms with E-state index in [0.29, 0.717) is 21.8 Å². The quantitative estimate of drug-likeness (QED) is 0.925. The Morgan fingerprint density at radius 3 is 2.75 bits per heavy atom. The summed E-state index contributed by atoms with van der Waals surface area (Å²) in [5.41, 5.74) is 0.249. The van der Waals surface area contributed by atoms with Crippen LogP contribution in [0.1, 0.15) is 26.7 Å². The molecule has 0 spiro atoms.